The smallest absolute Gasteiger partial charge is 0.193 e. The van der Waals surface area contributed by atoms with Gasteiger partial charge in [0.05, 0.1) is 6.61 Å². The summed E-state index contributed by atoms with van der Waals surface area (Å²) < 4.78 is 5.19. The molecule has 7 heteroatoms. The quantitative estimate of drug-likeness (QED) is 0.343. The van der Waals surface area contributed by atoms with Crippen LogP contribution in [0.2, 0.25) is 0 Å². The minimum absolute atomic E-state index is 0. The van der Waals surface area contributed by atoms with Crippen molar-refractivity contribution in [2.24, 2.45) is 10.9 Å². The second-order valence-corrected chi connectivity index (χ2v) is 7.95. The van der Waals surface area contributed by atoms with E-state index < -0.39 is 0 Å². The van der Waals surface area contributed by atoms with Gasteiger partial charge in [0.15, 0.2) is 5.96 Å². The number of piperidine rings is 1. The van der Waals surface area contributed by atoms with Crippen LogP contribution in [0, 0.1) is 5.92 Å². The molecule has 0 bridgehead atoms. The van der Waals surface area contributed by atoms with Gasteiger partial charge in [0, 0.05) is 60.0 Å². The number of piperazine rings is 1. The molecule has 6 nitrogen and oxygen atoms in total. The van der Waals surface area contributed by atoms with Crippen molar-refractivity contribution >= 4 is 29.9 Å². The highest BCUT2D eigenvalue weighted by atomic mass is 127. The Morgan fingerprint density at radius 3 is 2.34 bits per heavy atom. The number of nitrogens with one attached hydrogen (secondary N) is 1. The van der Waals surface area contributed by atoms with Crippen molar-refractivity contribution in [3.05, 3.63) is 35.9 Å². The van der Waals surface area contributed by atoms with Gasteiger partial charge in [-0.3, -0.25) is 9.89 Å². The third-order valence-electron chi connectivity index (χ3n) is 6.00. The Labute approximate surface area is 193 Å². The average Bonchev–Trinajstić information content (AvgIpc) is 2.75. The minimum atomic E-state index is 0. The van der Waals surface area contributed by atoms with E-state index in [9.17, 15) is 0 Å². The maximum atomic E-state index is 5.19. The Bertz CT molecular complexity index is 584. The topological polar surface area (TPSA) is 43.3 Å². The molecular formula is C22H38IN5O. The number of methoxy groups -OCH3 is 1. The van der Waals surface area contributed by atoms with Crippen LogP contribution in [-0.2, 0) is 11.3 Å². The molecule has 1 N–H and O–H groups in total. The van der Waals surface area contributed by atoms with Crippen LogP contribution in [0.4, 0.5) is 0 Å². The number of halogens is 1. The van der Waals surface area contributed by atoms with Crippen molar-refractivity contribution in [3.63, 3.8) is 0 Å². The zero-order valence-electron chi connectivity index (χ0n) is 18.1. The number of hydrogen-bond acceptors (Lipinski definition) is 4. The van der Waals surface area contributed by atoms with Crippen molar-refractivity contribution in [2.45, 2.75) is 19.4 Å². The van der Waals surface area contributed by atoms with Crippen LogP contribution in [0.15, 0.2) is 35.3 Å². The lowest BCUT2D eigenvalue weighted by Crippen LogP contribution is -2.53. The van der Waals surface area contributed by atoms with E-state index in [4.69, 9.17) is 4.74 Å². The molecule has 2 saturated heterocycles. The number of ether oxygens (including phenoxy) is 1. The zero-order valence-corrected chi connectivity index (χ0v) is 20.4. The van der Waals surface area contributed by atoms with E-state index in [0.29, 0.717) is 0 Å². The Balaban J connectivity index is 0.00000300. The Hall–Kier alpha value is -0.900. The van der Waals surface area contributed by atoms with E-state index in [-0.39, 0.29) is 24.0 Å². The fourth-order valence-corrected chi connectivity index (χ4v) is 4.16. The molecule has 0 amide bonds. The second kappa shape index (κ2) is 13.4. The largest absolute Gasteiger partial charge is 0.383 e. The first-order valence-corrected chi connectivity index (χ1v) is 10.7. The summed E-state index contributed by atoms with van der Waals surface area (Å²) in [5, 5.41) is 3.65. The van der Waals surface area contributed by atoms with Gasteiger partial charge in [0.2, 0.25) is 0 Å². The number of hydrogen-bond donors (Lipinski definition) is 1. The lowest BCUT2D eigenvalue weighted by atomic mass is 9.97. The fourth-order valence-electron chi connectivity index (χ4n) is 4.16. The molecule has 2 aliphatic heterocycles. The van der Waals surface area contributed by atoms with Gasteiger partial charge in [0.1, 0.15) is 0 Å². The van der Waals surface area contributed by atoms with Crippen LogP contribution in [-0.4, -0.2) is 93.8 Å². The zero-order chi connectivity index (χ0) is 19.6. The van der Waals surface area contributed by atoms with Crippen LogP contribution in [0.3, 0.4) is 0 Å². The molecule has 0 atom stereocenters. The van der Waals surface area contributed by atoms with Crippen LogP contribution in [0.1, 0.15) is 18.4 Å². The molecule has 3 rings (SSSR count). The lowest BCUT2D eigenvalue weighted by molar-refractivity contribution is 0.120. The number of aliphatic imine (C=N–C) groups is 1. The van der Waals surface area contributed by atoms with Crippen molar-refractivity contribution in [1.82, 2.24) is 20.0 Å². The highest BCUT2D eigenvalue weighted by Crippen LogP contribution is 2.16. The number of rotatable bonds is 7. The first kappa shape index (κ1) is 24.4. The van der Waals surface area contributed by atoms with Crippen molar-refractivity contribution in [2.75, 3.05) is 73.1 Å². The molecule has 164 valence electrons. The lowest BCUT2D eigenvalue weighted by Gasteiger charge is -2.37. The van der Waals surface area contributed by atoms with E-state index in [1.165, 1.54) is 31.5 Å². The number of benzene rings is 1. The van der Waals surface area contributed by atoms with Gasteiger partial charge in [-0.15, -0.1) is 24.0 Å². The third kappa shape index (κ3) is 8.03. The number of guanidine groups is 1. The van der Waals surface area contributed by atoms with Crippen molar-refractivity contribution in [1.29, 1.82) is 0 Å². The van der Waals surface area contributed by atoms with E-state index >= 15 is 0 Å². The van der Waals surface area contributed by atoms with Gasteiger partial charge in [-0.2, -0.15) is 0 Å². The minimum Gasteiger partial charge on any atom is -0.383 e. The van der Waals surface area contributed by atoms with Crippen LogP contribution in [0.5, 0.6) is 0 Å². The molecule has 0 aliphatic carbocycles. The Morgan fingerprint density at radius 1 is 1.03 bits per heavy atom. The predicted molar refractivity (Wildman–Crippen MR) is 131 cm³/mol. The molecule has 2 heterocycles. The molecule has 1 aromatic rings. The second-order valence-electron chi connectivity index (χ2n) is 7.95. The van der Waals surface area contributed by atoms with Crippen LogP contribution < -0.4 is 5.32 Å². The van der Waals surface area contributed by atoms with E-state index in [0.717, 1.165) is 64.3 Å². The molecule has 1 aromatic carbocycles. The normalized spacial score (nSPS) is 19.8. The molecule has 0 saturated carbocycles. The van der Waals surface area contributed by atoms with Gasteiger partial charge in [-0.05, 0) is 37.4 Å². The summed E-state index contributed by atoms with van der Waals surface area (Å²) in [6.45, 7) is 10.6. The SMILES string of the molecule is CN=C(NCC1CCN(CCOC)CC1)N1CCN(Cc2ccccc2)CC1.I. The summed E-state index contributed by atoms with van der Waals surface area (Å²) in [4.78, 5) is 12.0. The van der Waals surface area contributed by atoms with Gasteiger partial charge >= 0.3 is 0 Å². The summed E-state index contributed by atoms with van der Waals surface area (Å²) in [7, 11) is 3.69. The number of likely N-dealkylation sites (tertiary alicyclic amines) is 1. The van der Waals surface area contributed by atoms with Gasteiger partial charge in [-0.25, -0.2) is 0 Å². The highest BCUT2D eigenvalue weighted by molar-refractivity contribution is 14.0. The molecule has 29 heavy (non-hydrogen) atoms. The maximum absolute atomic E-state index is 5.19. The van der Waals surface area contributed by atoms with Gasteiger partial charge < -0.3 is 19.9 Å². The monoisotopic (exact) mass is 515 g/mol. The summed E-state index contributed by atoms with van der Waals surface area (Å²) in [5.74, 6) is 1.82. The molecular weight excluding hydrogens is 477 g/mol. The molecule has 0 aromatic heterocycles. The van der Waals surface area contributed by atoms with Crippen LogP contribution in [0.25, 0.3) is 0 Å². The number of nitrogens with zero attached hydrogens (tertiary/aromatic N) is 4. The van der Waals surface area contributed by atoms with Crippen molar-refractivity contribution in [3.8, 4) is 0 Å². The Kier molecular flexibility index (Phi) is 11.3. The molecule has 2 aliphatic rings. The maximum Gasteiger partial charge on any atom is 0.193 e. The third-order valence-corrected chi connectivity index (χ3v) is 6.00. The highest BCUT2D eigenvalue weighted by Gasteiger charge is 2.22. The standard InChI is InChI=1S/C22H37N5O.HI/c1-23-22(24-18-20-8-10-25(11-9-20)16-17-28-2)27-14-12-26(13-15-27)19-21-6-4-3-5-7-21;/h3-7,20H,8-19H2,1-2H3,(H,23,24);1H. The fraction of sp³-hybridized carbons (Fsp3) is 0.682. The molecule has 0 radical (unpaired) electrons. The molecule has 0 unspecified atom stereocenters. The average molecular weight is 515 g/mol. The predicted octanol–water partition coefficient (Wildman–Crippen LogP) is 2.36. The van der Waals surface area contributed by atoms with E-state index in [1.807, 2.05) is 7.05 Å². The van der Waals surface area contributed by atoms with E-state index in [1.54, 1.807) is 7.11 Å². The summed E-state index contributed by atoms with van der Waals surface area (Å²) in [6.07, 6.45) is 2.52. The summed E-state index contributed by atoms with van der Waals surface area (Å²) >= 11 is 0. The first-order chi connectivity index (χ1) is 13.8. The van der Waals surface area contributed by atoms with Crippen molar-refractivity contribution < 1.29 is 4.74 Å². The molecule has 2 fully saturated rings. The van der Waals surface area contributed by atoms with E-state index in [2.05, 4.69) is 55.3 Å². The van der Waals surface area contributed by atoms with Gasteiger partial charge in [-0.1, -0.05) is 30.3 Å². The Morgan fingerprint density at radius 2 is 1.72 bits per heavy atom. The molecule has 0 spiro atoms. The van der Waals surface area contributed by atoms with Gasteiger partial charge in [0.25, 0.3) is 0 Å². The van der Waals surface area contributed by atoms with Crippen LogP contribution >= 0.6 is 24.0 Å². The summed E-state index contributed by atoms with van der Waals surface area (Å²) in [6, 6.07) is 10.8. The summed E-state index contributed by atoms with van der Waals surface area (Å²) in [5.41, 5.74) is 1.40. The first-order valence-electron chi connectivity index (χ1n) is 10.7.